The number of anilines is 2. The predicted molar refractivity (Wildman–Crippen MR) is 75.7 cm³/mol. The minimum absolute atomic E-state index is 0.0166. The van der Waals surface area contributed by atoms with E-state index in [4.69, 9.17) is 17.3 Å². The van der Waals surface area contributed by atoms with Crippen LogP contribution in [0, 0.1) is 12.7 Å². The van der Waals surface area contributed by atoms with Gasteiger partial charge in [0.1, 0.15) is 10.0 Å². The maximum Gasteiger partial charge on any atom is 0.271 e. The number of nitrogens with one attached hydrogen (secondary N) is 1. The van der Waals surface area contributed by atoms with E-state index in [0.29, 0.717) is 9.90 Å². The summed E-state index contributed by atoms with van der Waals surface area (Å²) in [5.74, 6) is -0.532. The van der Waals surface area contributed by atoms with Crippen LogP contribution in [-0.4, -0.2) is 8.42 Å². The highest BCUT2D eigenvalue weighted by atomic mass is 35.5. The molecule has 2 rings (SSSR count). The molecule has 0 aliphatic heterocycles. The largest absolute Gasteiger partial charge is 0.397 e. The average Bonchev–Trinajstić information content (AvgIpc) is 2.64. The fourth-order valence-corrected chi connectivity index (χ4v) is 4.18. The standard InChI is InChI=1S/C11H10ClFN2O2S2/c1-6-4-10(18-11(6)12)19(16,17)15-9-3-2-7(13)5-8(9)14/h2-5,15H,14H2,1H3. The molecule has 0 saturated carbocycles. The Bertz CT molecular complexity index is 709. The second-order valence-electron chi connectivity index (χ2n) is 3.86. The Labute approximate surface area is 119 Å². The van der Waals surface area contributed by atoms with Crippen LogP contribution in [0.2, 0.25) is 4.34 Å². The number of aryl methyl sites for hydroxylation is 1. The van der Waals surface area contributed by atoms with Crippen LogP contribution in [-0.2, 0) is 10.0 Å². The number of rotatable bonds is 3. The molecule has 4 nitrogen and oxygen atoms in total. The minimum atomic E-state index is -3.77. The van der Waals surface area contributed by atoms with Crippen LogP contribution >= 0.6 is 22.9 Å². The second-order valence-corrected chi connectivity index (χ2v) is 7.42. The van der Waals surface area contributed by atoms with Crippen molar-refractivity contribution in [1.29, 1.82) is 0 Å². The highest BCUT2D eigenvalue weighted by Crippen LogP contribution is 2.32. The molecule has 0 saturated heterocycles. The van der Waals surface area contributed by atoms with Gasteiger partial charge >= 0.3 is 0 Å². The fraction of sp³-hybridized carbons (Fsp3) is 0.0909. The van der Waals surface area contributed by atoms with Gasteiger partial charge in [0, 0.05) is 0 Å². The maximum atomic E-state index is 12.9. The topological polar surface area (TPSA) is 72.2 Å². The molecule has 2 aromatic rings. The molecule has 1 heterocycles. The zero-order valence-corrected chi connectivity index (χ0v) is 12.2. The third-order valence-corrected chi connectivity index (χ3v) is 5.75. The molecule has 0 aliphatic rings. The molecule has 0 atom stereocenters. The number of nitrogens with two attached hydrogens (primary N) is 1. The average molecular weight is 321 g/mol. The van der Waals surface area contributed by atoms with Crippen molar-refractivity contribution in [2.24, 2.45) is 0 Å². The number of benzene rings is 1. The summed E-state index contributed by atoms with van der Waals surface area (Å²) in [4.78, 5) is 0. The molecule has 102 valence electrons. The Kier molecular flexibility index (Phi) is 3.71. The lowest BCUT2D eigenvalue weighted by Crippen LogP contribution is -2.12. The number of nitrogen functional groups attached to an aromatic ring is 1. The van der Waals surface area contributed by atoms with Gasteiger partial charge in [0.05, 0.1) is 15.7 Å². The molecule has 0 fully saturated rings. The Morgan fingerprint density at radius 2 is 2.05 bits per heavy atom. The van der Waals surface area contributed by atoms with Crippen molar-refractivity contribution in [2.45, 2.75) is 11.1 Å². The molecule has 0 spiro atoms. The smallest absolute Gasteiger partial charge is 0.271 e. The predicted octanol–water partition coefficient (Wildman–Crippen LogP) is 3.23. The summed E-state index contributed by atoms with van der Waals surface area (Å²) >= 11 is 6.79. The molecule has 19 heavy (non-hydrogen) atoms. The van der Waals surface area contributed by atoms with Crippen LogP contribution in [0.3, 0.4) is 0 Å². The van der Waals surface area contributed by atoms with Crippen LogP contribution in [0.5, 0.6) is 0 Å². The first kappa shape index (κ1) is 14.1. The number of sulfonamides is 1. The van der Waals surface area contributed by atoms with Gasteiger partial charge in [0.2, 0.25) is 0 Å². The van der Waals surface area contributed by atoms with Crippen molar-refractivity contribution in [3.8, 4) is 0 Å². The molecule has 0 radical (unpaired) electrons. The van der Waals surface area contributed by atoms with E-state index in [-0.39, 0.29) is 15.6 Å². The molecule has 0 bridgehead atoms. The molecule has 0 aliphatic carbocycles. The molecule has 0 unspecified atom stereocenters. The van der Waals surface area contributed by atoms with Crippen molar-refractivity contribution in [3.63, 3.8) is 0 Å². The Morgan fingerprint density at radius 1 is 1.37 bits per heavy atom. The Balaban J connectivity index is 2.36. The highest BCUT2D eigenvalue weighted by molar-refractivity contribution is 7.94. The van der Waals surface area contributed by atoms with E-state index in [1.54, 1.807) is 6.92 Å². The number of halogens is 2. The van der Waals surface area contributed by atoms with Gasteiger partial charge in [-0.25, -0.2) is 12.8 Å². The van der Waals surface area contributed by atoms with E-state index in [0.717, 1.165) is 23.5 Å². The first-order valence-electron chi connectivity index (χ1n) is 5.13. The summed E-state index contributed by atoms with van der Waals surface area (Å²) in [5.41, 5.74) is 6.38. The summed E-state index contributed by atoms with van der Waals surface area (Å²) in [6, 6.07) is 4.91. The molecule has 1 aromatic heterocycles. The Morgan fingerprint density at radius 3 is 2.58 bits per heavy atom. The van der Waals surface area contributed by atoms with E-state index in [1.807, 2.05) is 0 Å². The quantitative estimate of drug-likeness (QED) is 0.853. The summed E-state index contributed by atoms with van der Waals surface area (Å²) in [6.07, 6.45) is 0. The van der Waals surface area contributed by atoms with Gasteiger partial charge in [-0.3, -0.25) is 4.72 Å². The van der Waals surface area contributed by atoms with E-state index >= 15 is 0 Å². The molecule has 3 N–H and O–H groups in total. The summed E-state index contributed by atoms with van der Waals surface area (Å²) in [6.45, 7) is 1.71. The highest BCUT2D eigenvalue weighted by Gasteiger charge is 2.19. The first-order valence-corrected chi connectivity index (χ1v) is 7.81. The third-order valence-electron chi connectivity index (χ3n) is 2.36. The normalized spacial score (nSPS) is 11.5. The van der Waals surface area contributed by atoms with Crippen molar-refractivity contribution in [2.75, 3.05) is 10.5 Å². The summed E-state index contributed by atoms with van der Waals surface area (Å²) < 4.78 is 39.9. The molecule has 8 heteroatoms. The van der Waals surface area contributed by atoms with Gasteiger partial charge < -0.3 is 5.73 Å². The molecule has 0 amide bonds. The van der Waals surface area contributed by atoms with E-state index in [2.05, 4.69) is 4.72 Å². The van der Waals surface area contributed by atoms with Crippen LogP contribution in [0.1, 0.15) is 5.56 Å². The molecular weight excluding hydrogens is 311 g/mol. The number of hydrogen-bond donors (Lipinski definition) is 2. The van der Waals surface area contributed by atoms with Crippen LogP contribution < -0.4 is 10.5 Å². The maximum absolute atomic E-state index is 12.9. The van der Waals surface area contributed by atoms with Gasteiger partial charge in [-0.15, -0.1) is 11.3 Å². The van der Waals surface area contributed by atoms with Crippen LogP contribution in [0.4, 0.5) is 15.8 Å². The summed E-state index contributed by atoms with van der Waals surface area (Å²) in [5, 5.41) is 0. The number of thiophene rings is 1. The van der Waals surface area contributed by atoms with Gasteiger partial charge in [-0.2, -0.15) is 0 Å². The third kappa shape index (κ3) is 2.99. The monoisotopic (exact) mass is 320 g/mol. The molecule has 1 aromatic carbocycles. The number of hydrogen-bond acceptors (Lipinski definition) is 4. The SMILES string of the molecule is Cc1cc(S(=O)(=O)Nc2ccc(F)cc2N)sc1Cl. The van der Waals surface area contributed by atoms with Crippen LogP contribution in [0.25, 0.3) is 0 Å². The van der Waals surface area contributed by atoms with Gasteiger partial charge in [-0.1, -0.05) is 11.6 Å². The first-order chi connectivity index (χ1) is 8.79. The van der Waals surface area contributed by atoms with E-state index in [9.17, 15) is 12.8 Å². The van der Waals surface area contributed by atoms with E-state index in [1.165, 1.54) is 12.1 Å². The van der Waals surface area contributed by atoms with E-state index < -0.39 is 15.8 Å². The lowest BCUT2D eigenvalue weighted by atomic mass is 10.3. The zero-order chi connectivity index (χ0) is 14.2. The van der Waals surface area contributed by atoms with Crippen molar-refractivity contribution in [3.05, 3.63) is 40.0 Å². The Hall–Kier alpha value is -1.31. The summed E-state index contributed by atoms with van der Waals surface area (Å²) in [7, 11) is -3.77. The van der Waals surface area contributed by atoms with Gasteiger partial charge in [0.15, 0.2) is 0 Å². The van der Waals surface area contributed by atoms with Crippen LogP contribution in [0.15, 0.2) is 28.5 Å². The lowest BCUT2D eigenvalue weighted by molar-refractivity contribution is 0.603. The zero-order valence-electron chi connectivity index (χ0n) is 9.78. The second kappa shape index (κ2) is 4.99. The lowest BCUT2D eigenvalue weighted by Gasteiger charge is -2.08. The van der Waals surface area contributed by atoms with Crippen molar-refractivity contribution < 1.29 is 12.8 Å². The minimum Gasteiger partial charge on any atom is -0.397 e. The van der Waals surface area contributed by atoms with Crippen molar-refractivity contribution >= 4 is 44.3 Å². The van der Waals surface area contributed by atoms with Crippen molar-refractivity contribution in [1.82, 2.24) is 0 Å². The van der Waals surface area contributed by atoms with Gasteiger partial charge in [0.25, 0.3) is 10.0 Å². The van der Waals surface area contributed by atoms with Gasteiger partial charge in [-0.05, 0) is 36.8 Å². The fourth-order valence-electron chi connectivity index (χ4n) is 1.39. The molecular formula is C11H10ClFN2O2S2.